The van der Waals surface area contributed by atoms with Gasteiger partial charge in [0.2, 0.25) is 0 Å². The third-order valence-electron chi connectivity index (χ3n) is 6.11. The van der Waals surface area contributed by atoms with Crippen LogP contribution in [0.5, 0.6) is 11.5 Å². The average molecular weight is 389 g/mol. The van der Waals surface area contributed by atoms with E-state index >= 15 is 0 Å². The van der Waals surface area contributed by atoms with E-state index in [2.05, 4.69) is 32.0 Å². The fourth-order valence-electron chi connectivity index (χ4n) is 4.27. The van der Waals surface area contributed by atoms with Crippen molar-refractivity contribution in [2.75, 3.05) is 0 Å². The summed E-state index contributed by atoms with van der Waals surface area (Å²) in [6, 6.07) is 21.7. The van der Waals surface area contributed by atoms with Gasteiger partial charge in [-0.25, -0.2) is 4.39 Å². The van der Waals surface area contributed by atoms with Crippen LogP contribution in [0.2, 0.25) is 0 Å². The van der Waals surface area contributed by atoms with Crippen LogP contribution in [0.15, 0.2) is 66.7 Å². The van der Waals surface area contributed by atoms with Crippen molar-refractivity contribution in [3.63, 3.8) is 0 Å². The Morgan fingerprint density at radius 1 is 0.897 bits per heavy atom. The fourth-order valence-corrected chi connectivity index (χ4v) is 4.27. The largest absolute Gasteiger partial charge is 0.454 e. The van der Waals surface area contributed by atoms with Gasteiger partial charge in [0, 0.05) is 0 Å². The van der Waals surface area contributed by atoms with Gasteiger partial charge in [-0.3, -0.25) is 0 Å². The van der Waals surface area contributed by atoms with E-state index in [0.29, 0.717) is 11.5 Å². The molecule has 2 heteroatoms. The minimum absolute atomic E-state index is 0.140. The predicted molar refractivity (Wildman–Crippen MR) is 117 cm³/mol. The first-order valence-electron chi connectivity index (χ1n) is 10.6. The predicted octanol–water partition coefficient (Wildman–Crippen LogP) is 7.41. The van der Waals surface area contributed by atoms with Crippen LogP contribution in [0.4, 0.5) is 4.39 Å². The zero-order chi connectivity index (χ0) is 20.3. The van der Waals surface area contributed by atoms with Crippen LogP contribution in [-0.4, -0.2) is 0 Å². The molecule has 4 rings (SSSR count). The molecule has 0 unspecified atom stereocenters. The molecule has 0 atom stereocenters. The molecule has 0 aromatic heterocycles. The molecule has 0 aliphatic heterocycles. The van der Waals surface area contributed by atoms with Crippen molar-refractivity contribution >= 4 is 0 Å². The molecule has 29 heavy (non-hydrogen) atoms. The molecule has 0 heterocycles. The Morgan fingerprint density at radius 3 is 2.52 bits per heavy atom. The van der Waals surface area contributed by atoms with Crippen LogP contribution in [0.1, 0.15) is 55.4 Å². The van der Waals surface area contributed by atoms with E-state index in [4.69, 9.17) is 4.74 Å². The first-order chi connectivity index (χ1) is 14.0. The van der Waals surface area contributed by atoms with Gasteiger partial charge < -0.3 is 4.74 Å². The number of benzene rings is 3. The van der Waals surface area contributed by atoms with Gasteiger partial charge in [0.15, 0.2) is 11.6 Å². The van der Waals surface area contributed by atoms with Crippen molar-refractivity contribution in [2.45, 2.75) is 57.8 Å². The SMILES string of the molecule is CC(C)(CCCc1ccc(F)c(Oc2ccccc2)c1)c1ccc2c(c1)CCC2. The fraction of sp³-hybridized carbons (Fsp3) is 0.333. The molecule has 150 valence electrons. The molecule has 1 aliphatic carbocycles. The van der Waals surface area contributed by atoms with Crippen molar-refractivity contribution in [1.82, 2.24) is 0 Å². The second-order valence-corrected chi connectivity index (χ2v) is 8.75. The summed E-state index contributed by atoms with van der Waals surface area (Å²) in [5, 5.41) is 0. The van der Waals surface area contributed by atoms with Crippen LogP contribution >= 0.6 is 0 Å². The van der Waals surface area contributed by atoms with E-state index in [1.165, 1.54) is 42.0 Å². The van der Waals surface area contributed by atoms with Crippen molar-refractivity contribution in [3.8, 4) is 11.5 Å². The third-order valence-corrected chi connectivity index (χ3v) is 6.11. The van der Waals surface area contributed by atoms with Crippen LogP contribution in [0.3, 0.4) is 0 Å². The van der Waals surface area contributed by atoms with E-state index in [0.717, 1.165) is 24.8 Å². The second kappa shape index (κ2) is 8.41. The minimum atomic E-state index is -0.323. The van der Waals surface area contributed by atoms with Crippen LogP contribution in [0.25, 0.3) is 0 Å². The second-order valence-electron chi connectivity index (χ2n) is 8.75. The van der Waals surface area contributed by atoms with Crippen molar-refractivity contribution in [2.24, 2.45) is 0 Å². The van der Waals surface area contributed by atoms with E-state index in [1.807, 2.05) is 42.5 Å². The summed E-state index contributed by atoms with van der Waals surface area (Å²) >= 11 is 0. The number of hydrogen-bond acceptors (Lipinski definition) is 1. The summed E-state index contributed by atoms with van der Waals surface area (Å²) in [5.41, 5.74) is 5.76. The Balaban J connectivity index is 1.39. The lowest BCUT2D eigenvalue weighted by Gasteiger charge is -2.26. The van der Waals surface area contributed by atoms with E-state index in [1.54, 1.807) is 0 Å². The van der Waals surface area contributed by atoms with Gasteiger partial charge in [-0.1, -0.05) is 56.3 Å². The highest BCUT2D eigenvalue weighted by molar-refractivity contribution is 5.38. The maximum Gasteiger partial charge on any atom is 0.165 e. The van der Waals surface area contributed by atoms with E-state index in [9.17, 15) is 4.39 Å². The maximum absolute atomic E-state index is 14.2. The number of aryl methyl sites for hydroxylation is 3. The molecular formula is C27H29FO. The molecule has 0 radical (unpaired) electrons. The number of ether oxygens (including phenoxy) is 1. The summed E-state index contributed by atoms with van der Waals surface area (Å²) in [5.74, 6) is 0.629. The molecule has 0 amide bonds. The summed E-state index contributed by atoms with van der Waals surface area (Å²) in [6.07, 6.45) is 6.81. The number of hydrogen-bond donors (Lipinski definition) is 0. The molecular weight excluding hydrogens is 359 g/mol. The Hall–Kier alpha value is -2.61. The molecule has 0 fully saturated rings. The highest BCUT2D eigenvalue weighted by Crippen LogP contribution is 2.33. The van der Waals surface area contributed by atoms with Crippen LogP contribution in [-0.2, 0) is 24.7 Å². The number of rotatable bonds is 7. The monoisotopic (exact) mass is 388 g/mol. The number of fused-ring (bicyclic) bond motifs is 1. The minimum Gasteiger partial charge on any atom is -0.454 e. The molecule has 0 N–H and O–H groups in total. The average Bonchev–Trinajstić information content (AvgIpc) is 3.19. The molecule has 3 aromatic carbocycles. The standard InChI is InChI=1S/C27H29FO/c1-27(2,23-15-14-21-9-6-10-22(21)19-23)17-7-8-20-13-16-25(28)26(18-20)29-24-11-4-3-5-12-24/h3-5,11-16,18-19H,6-10,17H2,1-2H3. The van der Waals surface area contributed by atoms with Gasteiger partial charge in [-0.2, -0.15) is 0 Å². The Kier molecular flexibility index (Phi) is 5.71. The normalized spacial score (nSPS) is 13.3. The maximum atomic E-state index is 14.2. The first-order valence-corrected chi connectivity index (χ1v) is 10.6. The lowest BCUT2D eigenvalue weighted by Crippen LogP contribution is -2.17. The molecule has 0 saturated heterocycles. The zero-order valence-electron chi connectivity index (χ0n) is 17.4. The van der Waals surface area contributed by atoms with Gasteiger partial charge in [-0.15, -0.1) is 0 Å². The van der Waals surface area contributed by atoms with Gasteiger partial charge in [0.25, 0.3) is 0 Å². The van der Waals surface area contributed by atoms with Crippen molar-refractivity contribution in [1.29, 1.82) is 0 Å². The molecule has 0 spiro atoms. The lowest BCUT2D eigenvalue weighted by atomic mass is 9.79. The Morgan fingerprint density at radius 2 is 1.69 bits per heavy atom. The van der Waals surface area contributed by atoms with Crippen molar-refractivity contribution < 1.29 is 9.13 Å². The quantitative estimate of drug-likeness (QED) is 0.409. The number of halogens is 1. The van der Waals surface area contributed by atoms with E-state index in [-0.39, 0.29) is 11.2 Å². The lowest BCUT2D eigenvalue weighted by molar-refractivity contribution is 0.439. The van der Waals surface area contributed by atoms with E-state index < -0.39 is 0 Å². The van der Waals surface area contributed by atoms with Gasteiger partial charge in [-0.05, 0) is 90.5 Å². The molecule has 1 nitrogen and oxygen atoms in total. The Bertz CT molecular complexity index is 975. The summed E-state index contributed by atoms with van der Waals surface area (Å²) in [6.45, 7) is 4.66. The number of para-hydroxylation sites is 1. The molecule has 1 aliphatic rings. The summed E-state index contributed by atoms with van der Waals surface area (Å²) in [7, 11) is 0. The molecule has 3 aromatic rings. The Labute approximate surface area is 173 Å². The van der Waals surface area contributed by atoms with Crippen LogP contribution in [0, 0.1) is 5.82 Å². The smallest absolute Gasteiger partial charge is 0.165 e. The summed E-state index contributed by atoms with van der Waals surface area (Å²) in [4.78, 5) is 0. The topological polar surface area (TPSA) is 9.23 Å². The van der Waals surface area contributed by atoms with Gasteiger partial charge in [0.05, 0.1) is 0 Å². The zero-order valence-corrected chi connectivity index (χ0v) is 17.4. The van der Waals surface area contributed by atoms with Gasteiger partial charge >= 0.3 is 0 Å². The molecule has 0 bridgehead atoms. The third kappa shape index (κ3) is 4.70. The first kappa shape index (κ1) is 19.7. The van der Waals surface area contributed by atoms with Crippen molar-refractivity contribution in [3.05, 3.63) is 94.8 Å². The molecule has 0 saturated carbocycles. The highest BCUT2D eigenvalue weighted by atomic mass is 19.1. The summed E-state index contributed by atoms with van der Waals surface area (Å²) < 4.78 is 19.9. The highest BCUT2D eigenvalue weighted by Gasteiger charge is 2.22. The van der Waals surface area contributed by atoms with Gasteiger partial charge in [0.1, 0.15) is 5.75 Å². The van der Waals surface area contributed by atoms with Crippen LogP contribution < -0.4 is 4.74 Å².